The number of aromatic nitrogens is 2. The van der Waals surface area contributed by atoms with Crippen LogP contribution < -0.4 is 10.6 Å². The van der Waals surface area contributed by atoms with Crippen molar-refractivity contribution in [3.63, 3.8) is 0 Å². The Hall–Kier alpha value is -2.51. The molecule has 0 fully saturated rings. The highest BCUT2D eigenvalue weighted by Crippen LogP contribution is 2.17. The van der Waals surface area contributed by atoms with Crippen LogP contribution in [0.25, 0.3) is 11.4 Å². The molecule has 0 aliphatic rings. The van der Waals surface area contributed by atoms with Crippen LogP contribution in [0.5, 0.6) is 0 Å². The van der Waals surface area contributed by atoms with Gasteiger partial charge in [0, 0.05) is 31.3 Å². The van der Waals surface area contributed by atoms with Crippen molar-refractivity contribution in [3.05, 3.63) is 42.1 Å². The molecule has 0 bridgehead atoms. The minimum Gasteiger partial charge on any atom is -0.369 e. The Balaban J connectivity index is 2.15. The number of carbonyl (C=O) groups is 1. The highest BCUT2D eigenvalue weighted by atomic mass is 16.1. The van der Waals surface area contributed by atoms with Crippen LogP contribution in [0.3, 0.4) is 0 Å². The number of nitrogens with zero attached hydrogens (tertiary/aromatic N) is 4. The normalized spacial score (nSPS) is 11.0. The average molecular weight is 371 g/mol. The Labute approximate surface area is 161 Å². The fourth-order valence-electron chi connectivity index (χ4n) is 2.47. The number of carbonyl (C=O) groups excluding carboxylic acids is 1. The molecule has 27 heavy (non-hydrogen) atoms. The van der Waals surface area contributed by atoms with Gasteiger partial charge in [0.15, 0.2) is 5.82 Å². The van der Waals surface area contributed by atoms with E-state index in [-0.39, 0.29) is 5.91 Å². The van der Waals surface area contributed by atoms with E-state index in [1.165, 1.54) is 0 Å². The lowest BCUT2D eigenvalue weighted by Crippen LogP contribution is -2.28. The average Bonchev–Trinajstić information content (AvgIpc) is 2.65. The summed E-state index contributed by atoms with van der Waals surface area (Å²) in [7, 11) is 8.07. The quantitative estimate of drug-likeness (QED) is 0.622. The lowest BCUT2D eigenvalue weighted by molar-refractivity contribution is 0.0947. The molecule has 2 N–H and O–H groups in total. The van der Waals surface area contributed by atoms with Gasteiger partial charge < -0.3 is 20.4 Å². The number of anilines is 1. The molecule has 0 saturated carbocycles. The second-order valence-corrected chi connectivity index (χ2v) is 6.97. The summed E-state index contributed by atoms with van der Waals surface area (Å²) >= 11 is 0. The molecule has 0 radical (unpaired) electrons. The number of hydrogen-bond donors (Lipinski definition) is 2. The van der Waals surface area contributed by atoms with Gasteiger partial charge in [-0.15, -0.1) is 0 Å². The van der Waals surface area contributed by atoms with E-state index in [1.54, 1.807) is 6.07 Å². The first-order valence-corrected chi connectivity index (χ1v) is 9.22. The maximum absolute atomic E-state index is 12.6. The van der Waals surface area contributed by atoms with Gasteiger partial charge in [0.1, 0.15) is 11.5 Å². The molecule has 2 rings (SSSR count). The highest BCUT2D eigenvalue weighted by Gasteiger charge is 2.13. The molecule has 0 spiro atoms. The number of nitrogens with one attached hydrogen (secondary N) is 2. The molecule has 2 aromatic rings. The largest absolute Gasteiger partial charge is 0.369 e. The van der Waals surface area contributed by atoms with Crippen molar-refractivity contribution in [1.82, 2.24) is 25.1 Å². The van der Waals surface area contributed by atoms with Gasteiger partial charge >= 0.3 is 0 Å². The van der Waals surface area contributed by atoms with E-state index in [1.807, 2.05) is 58.5 Å². The predicted octanol–water partition coefficient (Wildman–Crippen LogP) is 1.80. The molecule has 0 unspecified atom stereocenters. The molecule has 146 valence electrons. The molecule has 0 atom stereocenters. The molecule has 1 amide bonds. The van der Waals surface area contributed by atoms with E-state index in [2.05, 4.69) is 30.4 Å². The van der Waals surface area contributed by atoms with Gasteiger partial charge in [-0.1, -0.05) is 30.3 Å². The van der Waals surface area contributed by atoms with Crippen molar-refractivity contribution in [3.8, 4) is 11.4 Å². The first-order chi connectivity index (χ1) is 13.0. The van der Waals surface area contributed by atoms with Crippen LogP contribution in [-0.2, 0) is 0 Å². The standard InChI is InChI=1S/C20H30N6O/c1-25(2)13-8-11-22-20(27)17-15-18(21-12-14-26(3)4)24-19(23-17)16-9-6-5-7-10-16/h5-7,9-10,15H,8,11-14H2,1-4H3,(H,22,27)(H,21,23,24). The summed E-state index contributed by atoms with van der Waals surface area (Å²) in [6, 6.07) is 11.4. The zero-order chi connectivity index (χ0) is 19.6. The third-order valence-corrected chi connectivity index (χ3v) is 3.92. The van der Waals surface area contributed by atoms with Crippen LogP contribution in [0.15, 0.2) is 36.4 Å². The van der Waals surface area contributed by atoms with E-state index in [0.29, 0.717) is 23.9 Å². The van der Waals surface area contributed by atoms with E-state index >= 15 is 0 Å². The molecule has 1 heterocycles. The number of rotatable bonds is 10. The second kappa shape index (κ2) is 10.6. The molecule has 0 saturated heterocycles. The van der Waals surface area contributed by atoms with Crippen LogP contribution in [0, 0.1) is 0 Å². The van der Waals surface area contributed by atoms with E-state index < -0.39 is 0 Å². The lowest BCUT2D eigenvalue weighted by Gasteiger charge is -2.13. The van der Waals surface area contributed by atoms with Gasteiger partial charge in [-0.05, 0) is 41.2 Å². The Kier molecular flexibility index (Phi) is 8.16. The zero-order valence-electron chi connectivity index (χ0n) is 16.7. The van der Waals surface area contributed by atoms with Gasteiger partial charge in [-0.3, -0.25) is 4.79 Å². The lowest BCUT2D eigenvalue weighted by atomic mass is 10.2. The topological polar surface area (TPSA) is 73.4 Å². The predicted molar refractivity (Wildman–Crippen MR) is 110 cm³/mol. The van der Waals surface area contributed by atoms with Crippen molar-refractivity contribution >= 4 is 11.7 Å². The molecule has 1 aromatic carbocycles. The van der Waals surface area contributed by atoms with Gasteiger partial charge in [-0.2, -0.15) is 0 Å². The molecule has 7 heteroatoms. The Morgan fingerprint density at radius 2 is 1.67 bits per heavy atom. The minimum atomic E-state index is -0.177. The van der Waals surface area contributed by atoms with Crippen LogP contribution in [0.4, 0.5) is 5.82 Å². The van der Waals surface area contributed by atoms with Gasteiger partial charge in [-0.25, -0.2) is 9.97 Å². The first kappa shape index (κ1) is 20.8. The minimum absolute atomic E-state index is 0.177. The van der Waals surface area contributed by atoms with Crippen LogP contribution in [0.2, 0.25) is 0 Å². The summed E-state index contributed by atoms with van der Waals surface area (Å²) in [6.07, 6.45) is 0.892. The molecular weight excluding hydrogens is 340 g/mol. The third kappa shape index (κ3) is 7.32. The number of amides is 1. The maximum atomic E-state index is 12.6. The molecule has 1 aromatic heterocycles. The van der Waals surface area contributed by atoms with Gasteiger partial charge in [0.05, 0.1) is 0 Å². The molecule has 0 aliphatic heterocycles. The fourth-order valence-corrected chi connectivity index (χ4v) is 2.47. The molecular formula is C20H30N6O. The Morgan fingerprint density at radius 1 is 0.963 bits per heavy atom. The second-order valence-electron chi connectivity index (χ2n) is 6.97. The van der Waals surface area contributed by atoms with Crippen LogP contribution in [0.1, 0.15) is 16.9 Å². The molecule has 0 aliphatic carbocycles. The Bertz CT molecular complexity index is 718. The monoisotopic (exact) mass is 370 g/mol. The van der Waals surface area contributed by atoms with Crippen LogP contribution >= 0.6 is 0 Å². The zero-order valence-corrected chi connectivity index (χ0v) is 16.7. The smallest absolute Gasteiger partial charge is 0.270 e. The Morgan fingerprint density at radius 3 is 2.33 bits per heavy atom. The fraction of sp³-hybridized carbons (Fsp3) is 0.450. The van der Waals surface area contributed by atoms with Crippen molar-refractivity contribution in [1.29, 1.82) is 0 Å². The molecule has 7 nitrogen and oxygen atoms in total. The number of hydrogen-bond acceptors (Lipinski definition) is 6. The van der Waals surface area contributed by atoms with Crippen molar-refractivity contribution < 1.29 is 4.79 Å². The summed E-state index contributed by atoms with van der Waals surface area (Å²) in [6.45, 7) is 3.15. The van der Waals surface area contributed by atoms with Gasteiger partial charge in [0.25, 0.3) is 5.91 Å². The highest BCUT2D eigenvalue weighted by molar-refractivity contribution is 5.93. The van der Waals surface area contributed by atoms with E-state index in [0.717, 1.165) is 31.6 Å². The van der Waals surface area contributed by atoms with E-state index in [9.17, 15) is 4.79 Å². The van der Waals surface area contributed by atoms with Gasteiger partial charge in [0.2, 0.25) is 0 Å². The van der Waals surface area contributed by atoms with Crippen LogP contribution in [-0.4, -0.2) is 80.0 Å². The van der Waals surface area contributed by atoms with Crippen molar-refractivity contribution in [2.24, 2.45) is 0 Å². The summed E-state index contributed by atoms with van der Waals surface area (Å²) in [5.74, 6) is 1.03. The summed E-state index contributed by atoms with van der Waals surface area (Å²) in [5, 5.41) is 6.23. The summed E-state index contributed by atoms with van der Waals surface area (Å²) in [5.41, 5.74) is 1.26. The van der Waals surface area contributed by atoms with Crippen molar-refractivity contribution in [2.75, 3.05) is 59.7 Å². The summed E-state index contributed by atoms with van der Waals surface area (Å²) in [4.78, 5) is 25.8. The maximum Gasteiger partial charge on any atom is 0.270 e. The third-order valence-electron chi connectivity index (χ3n) is 3.92. The first-order valence-electron chi connectivity index (χ1n) is 9.22. The van der Waals surface area contributed by atoms with Crippen molar-refractivity contribution in [2.45, 2.75) is 6.42 Å². The number of benzene rings is 1. The summed E-state index contributed by atoms with van der Waals surface area (Å²) < 4.78 is 0. The van der Waals surface area contributed by atoms with E-state index in [4.69, 9.17) is 0 Å². The number of likely N-dealkylation sites (N-methyl/N-ethyl adjacent to an activating group) is 1. The SMILES string of the molecule is CN(C)CCCNC(=O)c1cc(NCCN(C)C)nc(-c2ccccc2)n1.